The van der Waals surface area contributed by atoms with Crippen molar-refractivity contribution < 1.29 is 9.47 Å². The SMILES string of the molecule is CCCNC1COc2ccc(OCc3ccccc3)cc21. The van der Waals surface area contributed by atoms with E-state index in [1.807, 2.05) is 30.3 Å². The van der Waals surface area contributed by atoms with Crippen LogP contribution in [0.1, 0.15) is 30.5 Å². The molecule has 0 amide bonds. The van der Waals surface area contributed by atoms with Crippen LogP contribution < -0.4 is 14.8 Å². The van der Waals surface area contributed by atoms with E-state index in [2.05, 4.69) is 30.4 Å². The van der Waals surface area contributed by atoms with Crippen LogP contribution in [0.2, 0.25) is 0 Å². The van der Waals surface area contributed by atoms with E-state index in [9.17, 15) is 0 Å². The Labute approximate surface area is 125 Å². The molecule has 3 heteroatoms. The lowest BCUT2D eigenvalue weighted by Crippen LogP contribution is -2.23. The van der Waals surface area contributed by atoms with Crippen molar-refractivity contribution in [3.63, 3.8) is 0 Å². The predicted molar refractivity (Wildman–Crippen MR) is 83.7 cm³/mol. The van der Waals surface area contributed by atoms with Crippen molar-refractivity contribution in [1.82, 2.24) is 5.32 Å². The second kappa shape index (κ2) is 6.64. The Morgan fingerprint density at radius 3 is 2.86 bits per heavy atom. The van der Waals surface area contributed by atoms with Crippen molar-refractivity contribution in [2.75, 3.05) is 13.2 Å². The summed E-state index contributed by atoms with van der Waals surface area (Å²) in [7, 11) is 0. The van der Waals surface area contributed by atoms with Gasteiger partial charge in [-0.3, -0.25) is 0 Å². The topological polar surface area (TPSA) is 30.5 Å². The fraction of sp³-hybridized carbons (Fsp3) is 0.333. The van der Waals surface area contributed by atoms with E-state index in [-0.39, 0.29) is 6.04 Å². The number of hydrogen-bond acceptors (Lipinski definition) is 3. The summed E-state index contributed by atoms with van der Waals surface area (Å²) in [6.45, 7) is 4.47. The molecule has 0 saturated carbocycles. The van der Waals surface area contributed by atoms with E-state index in [1.54, 1.807) is 0 Å². The third-order valence-corrected chi connectivity index (χ3v) is 3.65. The highest BCUT2D eigenvalue weighted by Crippen LogP contribution is 2.35. The van der Waals surface area contributed by atoms with Crippen LogP contribution in [0.15, 0.2) is 48.5 Å². The van der Waals surface area contributed by atoms with Crippen molar-refractivity contribution in [2.45, 2.75) is 26.0 Å². The van der Waals surface area contributed by atoms with Gasteiger partial charge in [0.25, 0.3) is 0 Å². The number of fused-ring (bicyclic) bond motifs is 1. The smallest absolute Gasteiger partial charge is 0.124 e. The molecule has 1 heterocycles. The molecule has 110 valence electrons. The van der Waals surface area contributed by atoms with Gasteiger partial charge in [-0.15, -0.1) is 0 Å². The Morgan fingerprint density at radius 1 is 1.19 bits per heavy atom. The third-order valence-electron chi connectivity index (χ3n) is 3.65. The predicted octanol–water partition coefficient (Wildman–Crippen LogP) is 3.70. The second-order valence-electron chi connectivity index (χ2n) is 5.29. The fourth-order valence-corrected chi connectivity index (χ4v) is 2.51. The minimum atomic E-state index is 0.278. The van der Waals surface area contributed by atoms with E-state index in [0.29, 0.717) is 13.2 Å². The van der Waals surface area contributed by atoms with Crippen molar-refractivity contribution in [2.24, 2.45) is 0 Å². The summed E-state index contributed by atoms with van der Waals surface area (Å²) in [6, 6.07) is 16.6. The summed E-state index contributed by atoms with van der Waals surface area (Å²) in [6.07, 6.45) is 1.12. The van der Waals surface area contributed by atoms with Gasteiger partial charge >= 0.3 is 0 Å². The first-order valence-electron chi connectivity index (χ1n) is 7.53. The third kappa shape index (κ3) is 3.37. The lowest BCUT2D eigenvalue weighted by atomic mass is 10.1. The molecule has 0 spiro atoms. The van der Waals surface area contributed by atoms with Crippen molar-refractivity contribution in [1.29, 1.82) is 0 Å². The largest absolute Gasteiger partial charge is 0.491 e. The number of rotatable bonds is 6. The van der Waals surface area contributed by atoms with Gasteiger partial charge < -0.3 is 14.8 Å². The standard InChI is InChI=1S/C18H21NO2/c1-2-10-19-17-13-21-18-9-8-15(11-16(17)18)20-12-14-6-4-3-5-7-14/h3-9,11,17,19H,2,10,12-13H2,1H3. The summed E-state index contributed by atoms with van der Waals surface area (Å²) in [5.74, 6) is 1.86. The summed E-state index contributed by atoms with van der Waals surface area (Å²) in [5, 5.41) is 3.51. The van der Waals surface area contributed by atoms with Gasteiger partial charge in [0, 0.05) is 5.56 Å². The van der Waals surface area contributed by atoms with Gasteiger partial charge in [-0.1, -0.05) is 37.3 Å². The van der Waals surface area contributed by atoms with Gasteiger partial charge in [-0.05, 0) is 36.7 Å². The molecule has 1 N–H and O–H groups in total. The van der Waals surface area contributed by atoms with E-state index < -0.39 is 0 Å². The molecule has 0 saturated heterocycles. The first kappa shape index (κ1) is 14.0. The number of hydrogen-bond donors (Lipinski definition) is 1. The number of nitrogens with one attached hydrogen (secondary N) is 1. The molecule has 2 aromatic rings. The average molecular weight is 283 g/mol. The molecule has 3 rings (SSSR count). The van der Waals surface area contributed by atoms with Crippen molar-refractivity contribution in [3.8, 4) is 11.5 Å². The Morgan fingerprint density at radius 2 is 2.05 bits per heavy atom. The lowest BCUT2D eigenvalue weighted by molar-refractivity contribution is 0.305. The van der Waals surface area contributed by atoms with Gasteiger partial charge in [0.1, 0.15) is 24.7 Å². The highest BCUT2D eigenvalue weighted by molar-refractivity contribution is 5.44. The van der Waals surface area contributed by atoms with Crippen LogP contribution in [-0.4, -0.2) is 13.2 Å². The van der Waals surface area contributed by atoms with E-state index >= 15 is 0 Å². The van der Waals surface area contributed by atoms with Crippen molar-refractivity contribution in [3.05, 3.63) is 59.7 Å². The number of benzene rings is 2. The molecule has 21 heavy (non-hydrogen) atoms. The second-order valence-corrected chi connectivity index (χ2v) is 5.29. The van der Waals surface area contributed by atoms with Gasteiger partial charge in [-0.25, -0.2) is 0 Å². The first-order valence-corrected chi connectivity index (χ1v) is 7.53. The molecule has 1 unspecified atom stereocenters. The molecular formula is C18H21NO2. The minimum absolute atomic E-state index is 0.278. The summed E-state index contributed by atoms with van der Waals surface area (Å²) in [4.78, 5) is 0. The summed E-state index contributed by atoms with van der Waals surface area (Å²) in [5.41, 5.74) is 2.38. The Kier molecular flexibility index (Phi) is 4.41. The van der Waals surface area contributed by atoms with Crippen molar-refractivity contribution >= 4 is 0 Å². The van der Waals surface area contributed by atoms with Gasteiger partial charge in [0.2, 0.25) is 0 Å². The van der Waals surface area contributed by atoms with E-state index in [0.717, 1.165) is 24.5 Å². The molecule has 0 bridgehead atoms. The lowest BCUT2D eigenvalue weighted by Gasteiger charge is -2.12. The van der Waals surface area contributed by atoms with Crippen LogP contribution >= 0.6 is 0 Å². The fourth-order valence-electron chi connectivity index (χ4n) is 2.51. The molecule has 0 fully saturated rings. The van der Waals surface area contributed by atoms with E-state index in [4.69, 9.17) is 9.47 Å². The number of ether oxygens (including phenoxy) is 2. The molecule has 0 aromatic heterocycles. The maximum atomic E-state index is 5.89. The molecular weight excluding hydrogens is 262 g/mol. The molecule has 2 aromatic carbocycles. The monoisotopic (exact) mass is 283 g/mol. The molecule has 1 aliphatic rings. The molecule has 1 atom stereocenters. The first-order chi connectivity index (χ1) is 10.4. The van der Waals surface area contributed by atoms with Crippen LogP contribution in [0, 0.1) is 0 Å². The van der Waals surface area contributed by atoms with Gasteiger partial charge in [-0.2, -0.15) is 0 Å². The maximum absolute atomic E-state index is 5.89. The molecule has 0 radical (unpaired) electrons. The van der Waals surface area contributed by atoms with E-state index in [1.165, 1.54) is 11.1 Å². The molecule has 1 aliphatic heterocycles. The summed E-state index contributed by atoms with van der Waals surface area (Å²) < 4.78 is 11.6. The quantitative estimate of drug-likeness (QED) is 0.877. The van der Waals surface area contributed by atoms with Crippen LogP contribution in [0.3, 0.4) is 0 Å². The zero-order valence-corrected chi connectivity index (χ0v) is 12.3. The normalized spacial score (nSPS) is 16.3. The Bertz CT molecular complexity index is 583. The zero-order valence-electron chi connectivity index (χ0n) is 12.3. The van der Waals surface area contributed by atoms with Crippen LogP contribution in [0.5, 0.6) is 11.5 Å². The van der Waals surface area contributed by atoms with Crippen LogP contribution in [0.25, 0.3) is 0 Å². The Hall–Kier alpha value is -2.00. The molecule has 0 aliphatic carbocycles. The van der Waals surface area contributed by atoms with Gasteiger partial charge in [0.15, 0.2) is 0 Å². The maximum Gasteiger partial charge on any atom is 0.124 e. The minimum Gasteiger partial charge on any atom is -0.491 e. The Balaban J connectivity index is 1.67. The zero-order chi connectivity index (χ0) is 14.5. The summed E-state index contributed by atoms with van der Waals surface area (Å²) >= 11 is 0. The van der Waals surface area contributed by atoms with Crippen LogP contribution in [-0.2, 0) is 6.61 Å². The average Bonchev–Trinajstić information content (AvgIpc) is 2.94. The molecule has 3 nitrogen and oxygen atoms in total. The highest BCUT2D eigenvalue weighted by Gasteiger charge is 2.23. The van der Waals surface area contributed by atoms with Crippen LogP contribution in [0.4, 0.5) is 0 Å². The highest BCUT2D eigenvalue weighted by atomic mass is 16.5. The van der Waals surface area contributed by atoms with Gasteiger partial charge in [0.05, 0.1) is 6.04 Å².